The molecule has 0 fully saturated rings. The van der Waals surface area contributed by atoms with Gasteiger partial charge in [-0.25, -0.2) is 4.98 Å². The summed E-state index contributed by atoms with van der Waals surface area (Å²) >= 11 is 2.84. The summed E-state index contributed by atoms with van der Waals surface area (Å²) in [5.41, 5.74) is 2.90. The van der Waals surface area contributed by atoms with Crippen LogP contribution in [0.3, 0.4) is 0 Å². The summed E-state index contributed by atoms with van der Waals surface area (Å²) in [5.74, 6) is 0.392. The fourth-order valence-electron chi connectivity index (χ4n) is 2.91. The molecule has 2 aromatic heterocycles. The zero-order chi connectivity index (χ0) is 20.4. The lowest BCUT2D eigenvalue weighted by Gasteiger charge is -2.14. The highest BCUT2D eigenvalue weighted by molar-refractivity contribution is 7.99. The summed E-state index contributed by atoms with van der Waals surface area (Å²) in [6.45, 7) is 10.7. The van der Waals surface area contributed by atoms with E-state index in [1.54, 1.807) is 4.57 Å². The Morgan fingerprint density at radius 1 is 1.21 bits per heavy atom. The molecule has 0 atom stereocenters. The minimum absolute atomic E-state index is 0.0120. The van der Waals surface area contributed by atoms with Crippen LogP contribution in [0.25, 0.3) is 10.2 Å². The van der Waals surface area contributed by atoms with Crippen molar-refractivity contribution in [3.8, 4) is 0 Å². The molecule has 3 aromatic rings. The van der Waals surface area contributed by atoms with Gasteiger partial charge >= 0.3 is 0 Å². The fourth-order valence-corrected chi connectivity index (χ4v) is 4.79. The molecule has 28 heavy (non-hydrogen) atoms. The maximum Gasteiger partial charge on any atom is 0.263 e. The molecule has 3 rings (SSSR count). The first-order chi connectivity index (χ1) is 13.3. The predicted octanol–water partition coefficient (Wildman–Crippen LogP) is 4.77. The van der Waals surface area contributed by atoms with Crippen molar-refractivity contribution in [3.63, 3.8) is 0 Å². The van der Waals surface area contributed by atoms with Crippen LogP contribution in [0.2, 0.25) is 0 Å². The van der Waals surface area contributed by atoms with Crippen LogP contribution in [0.15, 0.2) is 34.2 Å². The molecule has 7 heteroatoms. The molecule has 0 saturated heterocycles. The Morgan fingerprint density at radius 3 is 2.54 bits per heavy atom. The van der Waals surface area contributed by atoms with Crippen molar-refractivity contribution < 1.29 is 4.79 Å². The number of carbonyl (C=O) groups is 1. The van der Waals surface area contributed by atoms with Gasteiger partial charge in [-0.1, -0.05) is 43.3 Å². The van der Waals surface area contributed by atoms with Gasteiger partial charge in [0.25, 0.3) is 5.56 Å². The number of aryl methyl sites for hydroxylation is 3. The second-order valence-corrected chi connectivity index (χ2v) is 9.52. The van der Waals surface area contributed by atoms with E-state index in [1.165, 1.54) is 23.1 Å². The van der Waals surface area contributed by atoms with Crippen molar-refractivity contribution in [2.75, 3.05) is 11.1 Å². The lowest BCUT2D eigenvalue weighted by molar-refractivity contribution is -0.113. The first-order valence-electron chi connectivity index (χ1n) is 9.26. The van der Waals surface area contributed by atoms with Crippen molar-refractivity contribution in [1.82, 2.24) is 9.55 Å². The van der Waals surface area contributed by atoms with Gasteiger partial charge in [-0.3, -0.25) is 14.2 Å². The van der Waals surface area contributed by atoms with Crippen LogP contribution in [0.5, 0.6) is 0 Å². The Hall–Kier alpha value is -2.12. The number of carbonyl (C=O) groups excluding carboxylic acids is 1. The van der Waals surface area contributed by atoms with Gasteiger partial charge in [0.2, 0.25) is 5.91 Å². The van der Waals surface area contributed by atoms with Gasteiger partial charge in [0.1, 0.15) is 4.83 Å². The summed E-state index contributed by atoms with van der Waals surface area (Å²) in [4.78, 5) is 32.1. The van der Waals surface area contributed by atoms with Crippen LogP contribution in [0.4, 0.5) is 5.69 Å². The predicted molar refractivity (Wildman–Crippen MR) is 119 cm³/mol. The van der Waals surface area contributed by atoms with Gasteiger partial charge in [-0.15, -0.1) is 11.3 Å². The molecule has 1 aromatic carbocycles. The number of hydrogen-bond acceptors (Lipinski definition) is 5. The number of amides is 1. The summed E-state index contributed by atoms with van der Waals surface area (Å²) in [7, 11) is 0. The van der Waals surface area contributed by atoms with Crippen LogP contribution in [0, 0.1) is 26.7 Å². The molecule has 0 aliphatic carbocycles. The molecular weight excluding hydrogens is 390 g/mol. The van der Waals surface area contributed by atoms with E-state index in [0.717, 1.165) is 26.5 Å². The Labute approximate surface area is 173 Å². The van der Waals surface area contributed by atoms with Gasteiger partial charge in [0, 0.05) is 17.1 Å². The van der Waals surface area contributed by atoms with Crippen LogP contribution >= 0.6 is 23.1 Å². The fraction of sp³-hybridized carbons (Fsp3) is 0.381. The average molecular weight is 416 g/mol. The standard InChI is InChI=1S/C21H25N3O2S2/c1-12(2)10-24-20(26)18-14(4)15(5)28-19(18)23-21(24)27-11-17(25)22-16-8-6-13(3)7-9-16/h6-9,12H,10-11H2,1-5H3,(H,22,25). The molecule has 1 amide bonds. The van der Waals surface area contributed by atoms with Crippen molar-refractivity contribution in [1.29, 1.82) is 0 Å². The van der Waals surface area contributed by atoms with Crippen molar-refractivity contribution in [2.45, 2.75) is 46.3 Å². The molecule has 0 bridgehead atoms. The van der Waals surface area contributed by atoms with E-state index < -0.39 is 0 Å². The van der Waals surface area contributed by atoms with Crippen molar-refractivity contribution in [3.05, 3.63) is 50.6 Å². The van der Waals surface area contributed by atoms with Gasteiger partial charge in [0.15, 0.2) is 5.16 Å². The largest absolute Gasteiger partial charge is 0.325 e. The van der Waals surface area contributed by atoms with Crippen molar-refractivity contribution in [2.24, 2.45) is 5.92 Å². The number of anilines is 1. The first kappa shape index (κ1) is 20.6. The normalized spacial score (nSPS) is 11.4. The molecule has 0 radical (unpaired) electrons. The van der Waals surface area contributed by atoms with Gasteiger partial charge in [-0.2, -0.15) is 0 Å². The smallest absolute Gasteiger partial charge is 0.263 e. The van der Waals surface area contributed by atoms with E-state index in [2.05, 4.69) is 19.2 Å². The topological polar surface area (TPSA) is 64.0 Å². The molecule has 148 valence electrons. The minimum atomic E-state index is -0.113. The maximum absolute atomic E-state index is 13.1. The van der Waals surface area contributed by atoms with Crippen LogP contribution in [-0.4, -0.2) is 21.2 Å². The molecule has 0 aliphatic rings. The second kappa shape index (κ2) is 8.49. The SMILES string of the molecule is Cc1ccc(NC(=O)CSc2nc3sc(C)c(C)c3c(=O)n2CC(C)C)cc1. The molecule has 0 spiro atoms. The first-order valence-corrected chi connectivity index (χ1v) is 11.1. The average Bonchev–Trinajstić information content (AvgIpc) is 2.92. The highest BCUT2D eigenvalue weighted by Crippen LogP contribution is 2.28. The molecule has 0 saturated carbocycles. The number of hydrogen-bond donors (Lipinski definition) is 1. The molecule has 1 N–H and O–H groups in total. The van der Waals surface area contributed by atoms with Crippen LogP contribution < -0.4 is 10.9 Å². The number of fused-ring (bicyclic) bond motifs is 1. The highest BCUT2D eigenvalue weighted by atomic mass is 32.2. The van der Waals surface area contributed by atoms with Crippen LogP contribution in [0.1, 0.15) is 29.9 Å². The van der Waals surface area contributed by atoms with E-state index in [9.17, 15) is 9.59 Å². The number of benzene rings is 1. The lowest BCUT2D eigenvalue weighted by Crippen LogP contribution is -2.26. The third kappa shape index (κ3) is 4.47. The second-order valence-electron chi connectivity index (χ2n) is 7.37. The zero-order valence-electron chi connectivity index (χ0n) is 16.8. The number of nitrogens with zero attached hydrogens (tertiary/aromatic N) is 2. The summed E-state index contributed by atoms with van der Waals surface area (Å²) in [6, 6.07) is 7.68. The van der Waals surface area contributed by atoms with Gasteiger partial charge in [-0.05, 0) is 44.4 Å². The number of nitrogens with one attached hydrogen (secondary N) is 1. The number of rotatable bonds is 6. The summed E-state index contributed by atoms with van der Waals surface area (Å²) in [6.07, 6.45) is 0. The third-order valence-corrected chi connectivity index (χ3v) is 6.55. The number of thiophene rings is 1. The highest BCUT2D eigenvalue weighted by Gasteiger charge is 2.18. The van der Waals surface area contributed by atoms with Crippen molar-refractivity contribution >= 4 is 44.9 Å². The number of thioether (sulfide) groups is 1. The Bertz CT molecular complexity index is 1070. The quantitative estimate of drug-likeness (QED) is 0.465. The van der Waals surface area contributed by atoms with E-state index >= 15 is 0 Å². The Balaban J connectivity index is 1.85. The molecule has 5 nitrogen and oxygen atoms in total. The van der Waals surface area contributed by atoms with E-state index in [4.69, 9.17) is 4.98 Å². The lowest BCUT2D eigenvalue weighted by atomic mass is 10.2. The molecule has 0 aliphatic heterocycles. The maximum atomic E-state index is 13.1. The van der Waals surface area contributed by atoms with Gasteiger partial charge in [0.05, 0.1) is 11.1 Å². The van der Waals surface area contributed by atoms with E-state index in [1.807, 2.05) is 45.0 Å². The van der Waals surface area contributed by atoms with E-state index in [0.29, 0.717) is 23.0 Å². The summed E-state index contributed by atoms with van der Waals surface area (Å²) in [5, 5.41) is 4.20. The summed E-state index contributed by atoms with van der Waals surface area (Å²) < 4.78 is 1.72. The monoisotopic (exact) mass is 415 g/mol. The number of aromatic nitrogens is 2. The molecule has 2 heterocycles. The Morgan fingerprint density at radius 2 is 1.89 bits per heavy atom. The Kier molecular flexibility index (Phi) is 6.25. The zero-order valence-corrected chi connectivity index (χ0v) is 18.5. The third-order valence-electron chi connectivity index (χ3n) is 4.47. The molecule has 0 unspecified atom stereocenters. The molecular formula is C21H25N3O2S2. The minimum Gasteiger partial charge on any atom is -0.325 e. The van der Waals surface area contributed by atoms with E-state index in [-0.39, 0.29) is 17.2 Å². The van der Waals surface area contributed by atoms with Crippen LogP contribution in [-0.2, 0) is 11.3 Å². The van der Waals surface area contributed by atoms with Gasteiger partial charge < -0.3 is 5.32 Å².